The summed E-state index contributed by atoms with van der Waals surface area (Å²) in [6.45, 7) is 2.65. The largest absolute Gasteiger partial charge is 0.354 e. The summed E-state index contributed by atoms with van der Waals surface area (Å²) in [6, 6.07) is 15.1. The predicted molar refractivity (Wildman–Crippen MR) is 104 cm³/mol. The number of para-hydroxylation sites is 2. The van der Waals surface area contributed by atoms with Gasteiger partial charge in [-0.25, -0.2) is 4.79 Å². The van der Waals surface area contributed by atoms with Crippen molar-refractivity contribution in [2.24, 2.45) is 0 Å². The Kier molecular flexibility index (Phi) is 4.76. The van der Waals surface area contributed by atoms with Gasteiger partial charge in [0, 0.05) is 18.7 Å². The second kappa shape index (κ2) is 7.51. The van der Waals surface area contributed by atoms with Crippen LogP contribution >= 0.6 is 0 Å². The van der Waals surface area contributed by atoms with Gasteiger partial charge in [0.25, 0.3) is 0 Å². The van der Waals surface area contributed by atoms with Crippen LogP contribution in [-0.2, 0) is 17.8 Å². The third kappa shape index (κ3) is 3.57. The highest BCUT2D eigenvalue weighted by Crippen LogP contribution is 2.19. The van der Waals surface area contributed by atoms with Crippen molar-refractivity contribution < 1.29 is 9.32 Å². The normalized spacial score (nSPS) is 11.0. The van der Waals surface area contributed by atoms with Crippen molar-refractivity contribution in [1.29, 1.82) is 0 Å². The van der Waals surface area contributed by atoms with E-state index in [1.54, 1.807) is 4.57 Å². The molecule has 8 nitrogen and oxygen atoms in total. The average molecular weight is 377 g/mol. The van der Waals surface area contributed by atoms with Crippen LogP contribution in [0.4, 0.5) is 0 Å². The van der Waals surface area contributed by atoms with Crippen LogP contribution in [0.3, 0.4) is 0 Å². The number of carbonyl (C=O) groups excluding carboxylic acids is 1. The lowest BCUT2D eigenvalue weighted by Crippen LogP contribution is -2.31. The first-order chi connectivity index (χ1) is 13.6. The molecule has 2 aromatic carbocycles. The van der Waals surface area contributed by atoms with E-state index in [1.807, 2.05) is 55.5 Å². The van der Waals surface area contributed by atoms with E-state index in [-0.39, 0.29) is 23.9 Å². The topological polar surface area (TPSA) is 106 Å². The zero-order valence-corrected chi connectivity index (χ0v) is 15.3. The first-order valence-electron chi connectivity index (χ1n) is 8.94. The second-order valence-corrected chi connectivity index (χ2v) is 6.45. The van der Waals surface area contributed by atoms with Crippen molar-refractivity contribution in [3.05, 3.63) is 70.5 Å². The number of amides is 1. The molecule has 8 heteroatoms. The number of hydrogen-bond donors (Lipinski definition) is 2. The van der Waals surface area contributed by atoms with Gasteiger partial charge >= 0.3 is 5.69 Å². The van der Waals surface area contributed by atoms with Gasteiger partial charge in [-0.2, -0.15) is 4.98 Å². The Labute approximate surface area is 160 Å². The Bertz CT molecular complexity index is 1190. The van der Waals surface area contributed by atoms with Crippen LogP contribution in [0.5, 0.6) is 0 Å². The molecule has 1 amide bonds. The number of carbonyl (C=O) groups is 1. The van der Waals surface area contributed by atoms with Crippen molar-refractivity contribution in [3.63, 3.8) is 0 Å². The number of benzene rings is 2. The number of fused-ring (bicyclic) bond motifs is 1. The molecule has 28 heavy (non-hydrogen) atoms. The summed E-state index contributed by atoms with van der Waals surface area (Å²) in [5.74, 6) is 0.471. The summed E-state index contributed by atoms with van der Waals surface area (Å²) in [6.07, 6.45) is -0.0122. The van der Waals surface area contributed by atoms with Crippen molar-refractivity contribution in [1.82, 2.24) is 25.0 Å². The van der Waals surface area contributed by atoms with E-state index in [0.29, 0.717) is 18.9 Å². The summed E-state index contributed by atoms with van der Waals surface area (Å²) < 4.78 is 6.79. The number of nitrogens with one attached hydrogen (secondary N) is 2. The van der Waals surface area contributed by atoms with Crippen LogP contribution in [0.1, 0.15) is 11.5 Å². The summed E-state index contributed by atoms with van der Waals surface area (Å²) in [7, 11) is 0. The maximum absolute atomic E-state index is 12.2. The molecule has 0 atom stereocenters. The quantitative estimate of drug-likeness (QED) is 0.535. The smallest absolute Gasteiger partial charge is 0.326 e. The number of nitrogens with zero attached hydrogens (tertiary/aromatic N) is 3. The van der Waals surface area contributed by atoms with Crippen molar-refractivity contribution >= 4 is 16.9 Å². The summed E-state index contributed by atoms with van der Waals surface area (Å²) in [5, 5.41) is 6.73. The maximum atomic E-state index is 12.2. The number of aromatic amines is 1. The van der Waals surface area contributed by atoms with Crippen LogP contribution in [0.25, 0.3) is 22.4 Å². The van der Waals surface area contributed by atoms with Crippen LogP contribution in [0, 0.1) is 6.92 Å². The minimum Gasteiger partial charge on any atom is -0.354 e. The fraction of sp³-hybridized carbons (Fsp3) is 0.200. The van der Waals surface area contributed by atoms with Gasteiger partial charge < -0.3 is 14.8 Å². The van der Waals surface area contributed by atoms with Crippen molar-refractivity contribution in [2.45, 2.75) is 19.9 Å². The van der Waals surface area contributed by atoms with Crippen molar-refractivity contribution in [2.75, 3.05) is 6.54 Å². The fourth-order valence-corrected chi connectivity index (χ4v) is 3.10. The van der Waals surface area contributed by atoms with Gasteiger partial charge in [0.05, 0.1) is 11.0 Å². The Hall–Kier alpha value is -3.68. The molecule has 0 aliphatic rings. The Balaban J connectivity index is 1.36. The van der Waals surface area contributed by atoms with Gasteiger partial charge in [-0.15, -0.1) is 0 Å². The Morgan fingerprint density at radius 2 is 1.96 bits per heavy atom. The van der Waals surface area contributed by atoms with Crippen LogP contribution in [-0.4, -0.2) is 32.1 Å². The number of hydrogen-bond acceptors (Lipinski definition) is 5. The molecule has 2 aromatic heterocycles. The molecular weight excluding hydrogens is 358 g/mol. The molecule has 0 unspecified atom stereocenters. The minimum atomic E-state index is -0.243. The summed E-state index contributed by atoms with van der Waals surface area (Å²) in [4.78, 5) is 31.3. The molecule has 0 bridgehead atoms. The third-order valence-electron chi connectivity index (χ3n) is 4.51. The standard InChI is InChI=1S/C20H19N5O3/c1-13-6-2-3-7-14(13)19-23-18(28-24-19)12-17(26)21-10-11-25-16-9-5-4-8-15(16)22-20(25)27/h2-9H,10-12H2,1H3,(H,21,26)(H,22,27). The molecule has 0 saturated heterocycles. The van der Waals surface area contributed by atoms with Gasteiger partial charge in [0.2, 0.25) is 17.6 Å². The van der Waals surface area contributed by atoms with E-state index in [9.17, 15) is 9.59 Å². The number of rotatable bonds is 6. The Morgan fingerprint density at radius 3 is 2.82 bits per heavy atom. The average Bonchev–Trinajstić information content (AvgIpc) is 3.26. The first-order valence-corrected chi connectivity index (χ1v) is 8.94. The third-order valence-corrected chi connectivity index (χ3v) is 4.51. The van der Waals surface area contributed by atoms with Gasteiger partial charge in [0.1, 0.15) is 6.42 Å². The highest BCUT2D eigenvalue weighted by molar-refractivity contribution is 5.78. The van der Waals surface area contributed by atoms with Gasteiger partial charge in [-0.05, 0) is 24.6 Å². The lowest BCUT2D eigenvalue weighted by molar-refractivity contribution is -0.120. The molecule has 2 heterocycles. The van der Waals surface area contributed by atoms with Crippen LogP contribution in [0.15, 0.2) is 57.8 Å². The summed E-state index contributed by atoms with van der Waals surface area (Å²) >= 11 is 0. The van der Waals surface area contributed by atoms with E-state index in [2.05, 4.69) is 20.4 Å². The molecule has 0 fully saturated rings. The molecule has 0 saturated carbocycles. The predicted octanol–water partition coefficient (Wildman–Crippen LogP) is 2.05. The van der Waals surface area contributed by atoms with E-state index in [4.69, 9.17) is 4.52 Å². The molecule has 2 N–H and O–H groups in total. The SMILES string of the molecule is Cc1ccccc1-c1noc(CC(=O)NCCn2c(=O)[nH]c3ccccc32)n1. The lowest BCUT2D eigenvalue weighted by atomic mass is 10.1. The number of imidazole rings is 1. The molecule has 0 aliphatic carbocycles. The zero-order valence-electron chi connectivity index (χ0n) is 15.3. The highest BCUT2D eigenvalue weighted by atomic mass is 16.5. The van der Waals surface area contributed by atoms with E-state index in [0.717, 1.165) is 22.2 Å². The fourth-order valence-electron chi connectivity index (χ4n) is 3.10. The molecule has 0 aliphatic heterocycles. The van der Waals surface area contributed by atoms with Crippen molar-refractivity contribution in [3.8, 4) is 11.4 Å². The van der Waals surface area contributed by atoms with Gasteiger partial charge in [-0.1, -0.05) is 41.6 Å². The lowest BCUT2D eigenvalue weighted by Gasteiger charge is -2.05. The monoisotopic (exact) mass is 377 g/mol. The van der Waals surface area contributed by atoms with Crippen LogP contribution < -0.4 is 11.0 Å². The van der Waals surface area contributed by atoms with E-state index >= 15 is 0 Å². The molecule has 4 aromatic rings. The Morgan fingerprint density at radius 1 is 1.18 bits per heavy atom. The highest BCUT2D eigenvalue weighted by Gasteiger charge is 2.14. The minimum absolute atomic E-state index is 0.0122. The summed E-state index contributed by atoms with van der Waals surface area (Å²) in [5.41, 5.74) is 3.28. The second-order valence-electron chi connectivity index (χ2n) is 6.45. The number of H-pyrrole nitrogens is 1. The number of aromatic nitrogens is 4. The molecule has 0 radical (unpaired) electrons. The van der Waals surface area contributed by atoms with Crippen LogP contribution in [0.2, 0.25) is 0 Å². The van der Waals surface area contributed by atoms with E-state index < -0.39 is 0 Å². The molecular formula is C20H19N5O3. The zero-order chi connectivity index (χ0) is 19.5. The van der Waals surface area contributed by atoms with E-state index in [1.165, 1.54) is 0 Å². The van der Waals surface area contributed by atoms with Gasteiger partial charge in [-0.3, -0.25) is 9.36 Å². The first kappa shape index (κ1) is 17.7. The maximum Gasteiger partial charge on any atom is 0.326 e. The van der Waals surface area contributed by atoms with Gasteiger partial charge in [0.15, 0.2) is 0 Å². The molecule has 0 spiro atoms. The number of aryl methyl sites for hydroxylation is 1. The molecule has 142 valence electrons. The molecule has 4 rings (SSSR count).